The van der Waals surface area contributed by atoms with Crippen LogP contribution in [0.5, 0.6) is 0 Å². The van der Waals surface area contributed by atoms with Gasteiger partial charge < -0.3 is 11.1 Å². The predicted molar refractivity (Wildman–Crippen MR) is 88.0 cm³/mol. The first-order chi connectivity index (χ1) is 9.38. The molecule has 0 atom stereocenters. The fourth-order valence-corrected chi connectivity index (χ4v) is 2.56. The van der Waals surface area contributed by atoms with E-state index in [9.17, 15) is 4.79 Å². The van der Waals surface area contributed by atoms with Crippen LogP contribution in [0.3, 0.4) is 0 Å². The maximum Gasteiger partial charge on any atom is 0.161 e. The summed E-state index contributed by atoms with van der Waals surface area (Å²) in [5.41, 5.74) is 9.37. The zero-order valence-corrected chi connectivity index (χ0v) is 13.5. The lowest BCUT2D eigenvalue weighted by molar-refractivity contribution is 0.101. The molecule has 0 spiro atoms. The summed E-state index contributed by atoms with van der Waals surface area (Å²) in [6.45, 7) is 3.43. The van der Waals surface area contributed by atoms with Gasteiger partial charge in [-0.25, -0.2) is 0 Å². The molecule has 0 unspecified atom stereocenters. The Balaban J connectivity index is 2.38. The highest BCUT2D eigenvalue weighted by Crippen LogP contribution is 2.32. The van der Waals surface area contributed by atoms with Crippen LogP contribution in [0.2, 0.25) is 5.02 Å². The van der Waals surface area contributed by atoms with Gasteiger partial charge in [-0.1, -0.05) is 11.6 Å². The van der Waals surface area contributed by atoms with E-state index in [1.54, 1.807) is 12.1 Å². The smallest absolute Gasteiger partial charge is 0.161 e. The number of halogens is 2. The Kier molecular flexibility index (Phi) is 4.35. The number of nitrogens with two attached hydrogens (primary N) is 1. The molecule has 2 rings (SSSR count). The van der Waals surface area contributed by atoms with Gasteiger partial charge in [-0.2, -0.15) is 0 Å². The van der Waals surface area contributed by atoms with Crippen molar-refractivity contribution in [2.24, 2.45) is 0 Å². The van der Waals surface area contributed by atoms with Gasteiger partial charge in [0.1, 0.15) is 0 Å². The van der Waals surface area contributed by atoms with Crippen molar-refractivity contribution in [2.45, 2.75) is 13.8 Å². The molecule has 2 aromatic carbocycles. The molecule has 104 valence electrons. The van der Waals surface area contributed by atoms with Crippen LogP contribution < -0.4 is 11.1 Å². The number of rotatable bonds is 3. The lowest BCUT2D eigenvalue weighted by atomic mass is 10.1. The summed E-state index contributed by atoms with van der Waals surface area (Å²) in [5.74, 6) is -0.0628. The molecule has 3 nitrogen and oxygen atoms in total. The van der Waals surface area contributed by atoms with E-state index in [2.05, 4.69) is 21.2 Å². The van der Waals surface area contributed by atoms with Gasteiger partial charge in [0.15, 0.2) is 5.78 Å². The first-order valence-corrected chi connectivity index (χ1v) is 7.18. The third-order valence-corrected chi connectivity index (χ3v) is 4.02. The van der Waals surface area contributed by atoms with E-state index in [1.807, 2.05) is 25.1 Å². The molecular weight excluding hydrogens is 340 g/mol. The maximum atomic E-state index is 11.5. The summed E-state index contributed by atoms with van der Waals surface area (Å²) in [6.07, 6.45) is 0. The summed E-state index contributed by atoms with van der Waals surface area (Å²) < 4.78 is 0.903. The average Bonchev–Trinajstić information content (AvgIpc) is 2.37. The number of hydrogen-bond donors (Lipinski definition) is 2. The van der Waals surface area contributed by atoms with Crippen LogP contribution >= 0.6 is 27.5 Å². The second-order valence-corrected chi connectivity index (χ2v) is 5.83. The number of hydrogen-bond acceptors (Lipinski definition) is 3. The van der Waals surface area contributed by atoms with E-state index >= 15 is 0 Å². The first kappa shape index (κ1) is 14.9. The quantitative estimate of drug-likeness (QED) is 0.607. The Morgan fingerprint density at radius 1 is 1.30 bits per heavy atom. The highest BCUT2D eigenvalue weighted by molar-refractivity contribution is 9.10. The molecule has 0 saturated heterocycles. The standard InChI is InChI=1S/C15H14BrClN2O/c1-8-5-12(16)15(7-13(8)17)19-10-3-4-14(18)11(6-10)9(2)20/h3-7,19H,18H2,1-2H3. The average molecular weight is 354 g/mol. The molecule has 3 N–H and O–H groups in total. The van der Waals surface area contributed by atoms with E-state index in [-0.39, 0.29) is 5.78 Å². The molecule has 20 heavy (non-hydrogen) atoms. The second-order valence-electron chi connectivity index (χ2n) is 4.56. The molecule has 0 saturated carbocycles. The highest BCUT2D eigenvalue weighted by atomic mass is 79.9. The van der Waals surface area contributed by atoms with Gasteiger partial charge in [0.05, 0.1) is 5.69 Å². The lowest BCUT2D eigenvalue weighted by Crippen LogP contribution is -2.01. The van der Waals surface area contributed by atoms with Gasteiger partial charge in [-0.05, 0) is 65.7 Å². The Morgan fingerprint density at radius 2 is 2.00 bits per heavy atom. The summed E-state index contributed by atoms with van der Waals surface area (Å²) in [7, 11) is 0. The third kappa shape index (κ3) is 3.14. The maximum absolute atomic E-state index is 11.5. The van der Waals surface area contributed by atoms with Crippen molar-refractivity contribution < 1.29 is 4.79 Å². The zero-order chi connectivity index (χ0) is 14.9. The monoisotopic (exact) mass is 352 g/mol. The largest absolute Gasteiger partial charge is 0.398 e. The van der Waals surface area contributed by atoms with Crippen molar-refractivity contribution in [2.75, 3.05) is 11.1 Å². The number of Topliss-reactive ketones (excluding diaryl/α,β-unsaturated/α-hetero) is 1. The van der Waals surface area contributed by atoms with E-state index in [4.69, 9.17) is 17.3 Å². The number of benzene rings is 2. The molecule has 0 bridgehead atoms. The van der Waals surface area contributed by atoms with Crippen LogP contribution in [0.1, 0.15) is 22.8 Å². The highest BCUT2D eigenvalue weighted by Gasteiger charge is 2.08. The summed E-state index contributed by atoms with van der Waals surface area (Å²) >= 11 is 9.61. The van der Waals surface area contributed by atoms with Gasteiger partial charge >= 0.3 is 0 Å². The summed E-state index contributed by atoms with van der Waals surface area (Å²) in [4.78, 5) is 11.5. The minimum atomic E-state index is -0.0628. The second kappa shape index (κ2) is 5.85. The van der Waals surface area contributed by atoms with Crippen molar-refractivity contribution in [3.63, 3.8) is 0 Å². The molecule has 0 aliphatic rings. The van der Waals surface area contributed by atoms with Crippen molar-refractivity contribution >= 4 is 50.4 Å². The number of aryl methyl sites for hydroxylation is 1. The van der Waals surface area contributed by atoms with E-state index in [0.717, 1.165) is 21.4 Å². The van der Waals surface area contributed by atoms with Crippen molar-refractivity contribution in [3.8, 4) is 0 Å². The zero-order valence-electron chi connectivity index (χ0n) is 11.1. The lowest BCUT2D eigenvalue weighted by Gasteiger charge is -2.12. The molecule has 0 aliphatic carbocycles. The Labute approximate surface area is 131 Å². The normalized spacial score (nSPS) is 10.4. The predicted octanol–water partition coefficient (Wildman–Crippen LogP) is 4.94. The van der Waals surface area contributed by atoms with Crippen LogP contribution in [0, 0.1) is 6.92 Å². The number of nitrogen functional groups attached to an aromatic ring is 1. The Hall–Kier alpha value is -1.52. The van der Waals surface area contributed by atoms with E-state index in [1.165, 1.54) is 6.92 Å². The van der Waals surface area contributed by atoms with E-state index < -0.39 is 0 Å². The van der Waals surface area contributed by atoms with Crippen LogP contribution in [0.25, 0.3) is 0 Å². The summed E-state index contributed by atoms with van der Waals surface area (Å²) in [5, 5.41) is 3.90. The summed E-state index contributed by atoms with van der Waals surface area (Å²) in [6, 6.07) is 9.04. The van der Waals surface area contributed by atoms with Crippen LogP contribution in [0.15, 0.2) is 34.8 Å². The van der Waals surface area contributed by atoms with Crippen LogP contribution in [-0.4, -0.2) is 5.78 Å². The van der Waals surface area contributed by atoms with Crippen molar-refractivity contribution in [1.82, 2.24) is 0 Å². The van der Waals surface area contributed by atoms with Gasteiger partial charge in [0, 0.05) is 26.4 Å². The minimum absolute atomic E-state index is 0.0628. The number of anilines is 3. The molecule has 0 heterocycles. The Bertz CT molecular complexity index is 686. The molecule has 0 radical (unpaired) electrons. The molecule has 0 amide bonds. The fourth-order valence-electron chi connectivity index (χ4n) is 1.84. The molecule has 5 heteroatoms. The van der Waals surface area contributed by atoms with Crippen LogP contribution in [-0.2, 0) is 0 Å². The van der Waals surface area contributed by atoms with Gasteiger partial charge in [-0.15, -0.1) is 0 Å². The topological polar surface area (TPSA) is 55.1 Å². The van der Waals surface area contributed by atoms with Gasteiger partial charge in [0.2, 0.25) is 0 Å². The van der Waals surface area contributed by atoms with Crippen molar-refractivity contribution in [3.05, 3.63) is 51.0 Å². The SMILES string of the molecule is CC(=O)c1cc(Nc2cc(Cl)c(C)cc2Br)ccc1N. The van der Waals surface area contributed by atoms with Gasteiger partial charge in [-0.3, -0.25) is 4.79 Å². The molecule has 0 fully saturated rings. The molecule has 0 aliphatic heterocycles. The van der Waals surface area contributed by atoms with E-state index in [0.29, 0.717) is 16.3 Å². The fraction of sp³-hybridized carbons (Fsp3) is 0.133. The number of ketones is 1. The third-order valence-electron chi connectivity index (χ3n) is 2.96. The van der Waals surface area contributed by atoms with Gasteiger partial charge in [0.25, 0.3) is 0 Å². The number of carbonyl (C=O) groups excluding carboxylic acids is 1. The molecular formula is C15H14BrClN2O. The Morgan fingerprint density at radius 3 is 2.65 bits per heavy atom. The van der Waals surface area contributed by atoms with Crippen molar-refractivity contribution in [1.29, 1.82) is 0 Å². The minimum Gasteiger partial charge on any atom is -0.398 e. The van der Waals surface area contributed by atoms with Crippen LogP contribution in [0.4, 0.5) is 17.1 Å². The molecule has 2 aromatic rings. The molecule has 0 aromatic heterocycles. The number of nitrogens with one attached hydrogen (secondary N) is 1. The first-order valence-electron chi connectivity index (χ1n) is 6.01. The number of carbonyl (C=O) groups is 1.